The van der Waals surface area contributed by atoms with Crippen LogP contribution in [-0.4, -0.2) is 25.5 Å². The second-order valence-corrected chi connectivity index (χ2v) is 6.24. The molecule has 0 aliphatic heterocycles. The minimum absolute atomic E-state index is 0.0594. The molecule has 3 N–H and O–H groups in total. The standard InChI is InChI=1S/C14H21FN2O.C5H11N.C2H6/c1-10-9-12(14(3,4)15)5-6-13(10)17(8-7-16)11(2)18;1-4-6-5(2)3;1-2/h5-6,9H,7-8,16H2,1-4H3;6H,2,4H2,1,3H3;1-2H3. The van der Waals surface area contributed by atoms with Gasteiger partial charge in [-0.15, -0.1) is 0 Å². The lowest BCUT2D eigenvalue weighted by Gasteiger charge is -2.24. The highest BCUT2D eigenvalue weighted by Gasteiger charge is 2.21. The van der Waals surface area contributed by atoms with E-state index in [1.807, 2.05) is 27.7 Å². The molecule has 0 radical (unpaired) electrons. The average molecular weight is 368 g/mol. The zero-order valence-electron chi connectivity index (χ0n) is 17.9. The topological polar surface area (TPSA) is 58.4 Å². The summed E-state index contributed by atoms with van der Waals surface area (Å²) >= 11 is 0. The quantitative estimate of drug-likeness (QED) is 0.768. The Bertz CT molecular complexity index is 551. The van der Waals surface area contributed by atoms with Crippen molar-refractivity contribution in [2.75, 3.05) is 24.5 Å². The number of amides is 1. The number of nitrogens with one attached hydrogen (secondary N) is 1. The van der Waals surface area contributed by atoms with Crippen LogP contribution in [0.1, 0.15) is 59.6 Å². The van der Waals surface area contributed by atoms with E-state index < -0.39 is 5.67 Å². The molecule has 0 aliphatic carbocycles. The number of carbonyl (C=O) groups excluding carboxylic acids is 1. The first-order valence-corrected chi connectivity index (χ1v) is 9.22. The zero-order valence-corrected chi connectivity index (χ0v) is 17.9. The third kappa shape index (κ3) is 10.2. The molecule has 0 heterocycles. The fraction of sp³-hybridized carbons (Fsp3) is 0.571. The Balaban J connectivity index is 0. The molecule has 0 atom stereocenters. The maximum Gasteiger partial charge on any atom is 0.223 e. The SMILES string of the molecule is C=C(C)NCC.CC.CC(=O)N(CCN)c1ccc(C(C)(C)F)cc1C. The molecule has 1 aromatic rings. The Morgan fingerprint density at radius 2 is 1.85 bits per heavy atom. The maximum absolute atomic E-state index is 13.8. The third-order valence-electron chi connectivity index (χ3n) is 3.39. The van der Waals surface area contributed by atoms with E-state index in [4.69, 9.17) is 5.73 Å². The second-order valence-electron chi connectivity index (χ2n) is 6.24. The highest BCUT2D eigenvalue weighted by atomic mass is 19.1. The van der Waals surface area contributed by atoms with Gasteiger partial charge in [-0.1, -0.05) is 32.6 Å². The summed E-state index contributed by atoms with van der Waals surface area (Å²) in [5.41, 5.74) is 7.44. The van der Waals surface area contributed by atoms with Crippen molar-refractivity contribution in [1.82, 2.24) is 5.32 Å². The summed E-state index contributed by atoms with van der Waals surface area (Å²) in [6.45, 7) is 19.9. The van der Waals surface area contributed by atoms with Crippen molar-refractivity contribution < 1.29 is 9.18 Å². The summed E-state index contributed by atoms with van der Waals surface area (Å²) in [6.07, 6.45) is 0. The lowest BCUT2D eigenvalue weighted by atomic mass is 9.97. The van der Waals surface area contributed by atoms with E-state index in [9.17, 15) is 9.18 Å². The van der Waals surface area contributed by atoms with Gasteiger partial charge in [0, 0.05) is 37.9 Å². The summed E-state index contributed by atoms with van der Waals surface area (Å²) in [5.74, 6) is -0.0594. The molecule has 26 heavy (non-hydrogen) atoms. The molecule has 0 saturated carbocycles. The van der Waals surface area contributed by atoms with Crippen molar-refractivity contribution in [3.63, 3.8) is 0 Å². The van der Waals surface area contributed by atoms with Crippen molar-refractivity contribution in [3.8, 4) is 0 Å². The van der Waals surface area contributed by atoms with Crippen LogP contribution in [0.4, 0.5) is 10.1 Å². The molecular formula is C21H38FN3O. The van der Waals surface area contributed by atoms with Gasteiger partial charge in [0.25, 0.3) is 0 Å². The molecule has 0 unspecified atom stereocenters. The van der Waals surface area contributed by atoms with Crippen LogP contribution in [0.25, 0.3) is 0 Å². The van der Waals surface area contributed by atoms with Crippen LogP contribution in [0.15, 0.2) is 30.5 Å². The number of alkyl halides is 1. The molecule has 150 valence electrons. The van der Waals surface area contributed by atoms with Gasteiger partial charge in [-0.05, 0) is 51.8 Å². The van der Waals surface area contributed by atoms with Crippen molar-refractivity contribution in [2.24, 2.45) is 5.73 Å². The molecule has 0 spiro atoms. The lowest BCUT2D eigenvalue weighted by Crippen LogP contribution is -2.34. The number of halogens is 1. The van der Waals surface area contributed by atoms with Gasteiger partial charge < -0.3 is 16.0 Å². The summed E-state index contributed by atoms with van der Waals surface area (Å²) in [5, 5.41) is 3.01. The largest absolute Gasteiger partial charge is 0.389 e. The van der Waals surface area contributed by atoms with E-state index in [2.05, 4.69) is 18.8 Å². The van der Waals surface area contributed by atoms with E-state index in [0.717, 1.165) is 23.5 Å². The summed E-state index contributed by atoms with van der Waals surface area (Å²) < 4.78 is 13.8. The average Bonchev–Trinajstić information content (AvgIpc) is 2.54. The van der Waals surface area contributed by atoms with Gasteiger partial charge in [0.1, 0.15) is 5.67 Å². The Morgan fingerprint density at radius 3 is 2.12 bits per heavy atom. The van der Waals surface area contributed by atoms with Gasteiger partial charge in [0.2, 0.25) is 5.91 Å². The van der Waals surface area contributed by atoms with Crippen LogP contribution in [0.2, 0.25) is 0 Å². The number of aryl methyl sites for hydroxylation is 1. The van der Waals surface area contributed by atoms with Gasteiger partial charge in [-0.3, -0.25) is 4.79 Å². The molecule has 4 nitrogen and oxygen atoms in total. The first kappa shape index (κ1) is 26.4. The van der Waals surface area contributed by atoms with Gasteiger partial charge >= 0.3 is 0 Å². The Hall–Kier alpha value is -1.88. The number of nitrogens with two attached hydrogens (primary N) is 1. The second kappa shape index (κ2) is 13.3. The summed E-state index contributed by atoms with van der Waals surface area (Å²) in [4.78, 5) is 13.2. The van der Waals surface area contributed by atoms with E-state index in [1.165, 1.54) is 20.8 Å². The molecule has 0 fully saturated rings. The number of allylic oxidation sites excluding steroid dienone is 1. The van der Waals surface area contributed by atoms with Gasteiger partial charge in [-0.25, -0.2) is 4.39 Å². The highest BCUT2D eigenvalue weighted by Crippen LogP contribution is 2.29. The van der Waals surface area contributed by atoms with Crippen LogP contribution >= 0.6 is 0 Å². The number of anilines is 1. The molecular weight excluding hydrogens is 329 g/mol. The molecule has 1 aromatic carbocycles. The first-order valence-electron chi connectivity index (χ1n) is 9.22. The first-order chi connectivity index (χ1) is 12.0. The molecule has 1 amide bonds. The number of rotatable bonds is 6. The fourth-order valence-corrected chi connectivity index (χ4v) is 2.21. The number of hydrogen-bond donors (Lipinski definition) is 2. The highest BCUT2D eigenvalue weighted by molar-refractivity contribution is 5.92. The number of benzene rings is 1. The van der Waals surface area contributed by atoms with Crippen LogP contribution in [0.5, 0.6) is 0 Å². The summed E-state index contributed by atoms with van der Waals surface area (Å²) in [7, 11) is 0. The van der Waals surface area contributed by atoms with Gasteiger partial charge in [0.15, 0.2) is 0 Å². The third-order valence-corrected chi connectivity index (χ3v) is 3.39. The predicted octanol–water partition coefficient (Wildman–Crippen LogP) is 4.67. The van der Waals surface area contributed by atoms with E-state index in [-0.39, 0.29) is 5.91 Å². The van der Waals surface area contributed by atoms with Crippen LogP contribution in [0, 0.1) is 6.92 Å². The molecule has 5 heteroatoms. The summed E-state index contributed by atoms with van der Waals surface area (Å²) in [6, 6.07) is 5.28. The fourth-order valence-electron chi connectivity index (χ4n) is 2.21. The molecule has 1 rings (SSSR count). The van der Waals surface area contributed by atoms with Gasteiger partial charge in [0.05, 0.1) is 0 Å². The normalized spacial score (nSPS) is 9.92. The molecule has 0 aliphatic rings. The molecule has 0 bridgehead atoms. The van der Waals surface area contributed by atoms with E-state index in [1.54, 1.807) is 23.1 Å². The zero-order chi connectivity index (χ0) is 20.9. The lowest BCUT2D eigenvalue weighted by molar-refractivity contribution is -0.116. The Kier molecular flexibility index (Phi) is 13.5. The van der Waals surface area contributed by atoms with Crippen molar-refractivity contribution in [3.05, 3.63) is 41.6 Å². The monoisotopic (exact) mass is 367 g/mol. The van der Waals surface area contributed by atoms with E-state index in [0.29, 0.717) is 18.7 Å². The smallest absolute Gasteiger partial charge is 0.223 e. The van der Waals surface area contributed by atoms with Crippen molar-refractivity contribution in [2.45, 2.75) is 61.1 Å². The van der Waals surface area contributed by atoms with Crippen molar-refractivity contribution >= 4 is 11.6 Å². The van der Waals surface area contributed by atoms with Crippen LogP contribution in [0.3, 0.4) is 0 Å². The van der Waals surface area contributed by atoms with Crippen LogP contribution < -0.4 is 16.0 Å². The molecule has 0 aromatic heterocycles. The number of nitrogens with zero attached hydrogens (tertiary/aromatic N) is 1. The van der Waals surface area contributed by atoms with E-state index >= 15 is 0 Å². The van der Waals surface area contributed by atoms with Gasteiger partial charge in [-0.2, -0.15) is 0 Å². The minimum atomic E-state index is -1.38. The molecule has 0 saturated heterocycles. The predicted molar refractivity (Wildman–Crippen MR) is 112 cm³/mol. The maximum atomic E-state index is 13.8. The van der Waals surface area contributed by atoms with Crippen molar-refractivity contribution in [1.29, 1.82) is 0 Å². The number of carbonyl (C=O) groups is 1. The Morgan fingerprint density at radius 1 is 1.31 bits per heavy atom. The van der Waals surface area contributed by atoms with Crippen LogP contribution in [-0.2, 0) is 10.5 Å². The number of hydrogen-bond acceptors (Lipinski definition) is 3. The minimum Gasteiger partial charge on any atom is -0.389 e. The Labute approximate surface area is 159 Å².